The van der Waals surface area contributed by atoms with Crippen molar-refractivity contribution in [2.24, 2.45) is 11.7 Å². The zero-order valence-electron chi connectivity index (χ0n) is 9.46. The minimum absolute atomic E-state index is 0.0526. The normalized spacial score (nSPS) is 25.7. The first-order valence-corrected chi connectivity index (χ1v) is 6.63. The maximum atomic E-state index is 12.5. The molecule has 1 aliphatic heterocycles. The lowest BCUT2D eigenvalue weighted by Gasteiger charge is -2.34. The number of halogens is 3. The summed E-state index contributed by atoms with van der Waals surface area (Å²) >= 11 is 1.85. The summed E-state index contributed by atoms with van der Waals surface area (Å²) in [5.74, 6) is -0.457. The largest absolute Gasteiger partial charge is 0.394 e. The van der Waals surface area contributed by atoms with Gasteiger partial charge in [0.05, 0.1) is 5.92 Å². The number of thioether (sulfide) groups is 1. The number of nitrogens with two attached hydrogens (primary N) is 1. The first kappa shape index (κ1) is 14.1. The molecule has 1 heterocycles. The Kier molecular flexibility index (Phi) is 5.40. The van der Waals surface area contributed by atoms with Crippen LogP contribution in [0.5, 0.6) is 0 Å². The van der Waals surface area contributed by atoms with E-state index in [1.165, 1.54) is 0 Å². The van der Waals surface area contributed by atoms with Crippen LogP contribution in [0.25, 0.3) is 0 Å². The summed E-state index contributed by atoms with van der Waals surface area (Å²) in [5.41, 5.74) is 5.19. The molecule has 6 heteroatoms. The van der Waals surface area contributed by atoms with Crippen LogP contribution in [0.1, 0.15) is 13.3 Å². The van der Waals surface area contributed by atoms with E-state index in [-0.39, 0.29) is 13.1 Å². The lowest BCUT2D eigenvalue weighted by atomic mass is 10.1. The Morgan fingerprint density at radius 2 is 2.19 bits per heavy atom. The highest BCUT2D eigenvalue weighted by Gasteiger charge is 2.39. The Morgan fingerprint density at radius 3 is 2.69 bits per heavy atom. The minimum Gasteiger partial charge on any atom is -0.330 e. The fourth-order valence-electron chi connectivity index (χ4n) is 1.82. The van der Waals surface area contributed by atoms with Gasteiger partial charge >= 0.3 is 6.18 Å². The Balaban J connectivity index is 2.45. The van der Waals surface area contributed by atoms with E-state index in [1.54, 1.807) is 0 Å². The number of alkyl halides is 3. The van der Waals surface area contributed by atoms with Crippen molar-refractivity contribution < 1.29 is 13.2 Å². The van der Waals surface area contributed by atoms with Gasteiger partial charge in [-0.2, -0.15) is 24.9 Å². The molecule has 1 rings (SSSR count). The van der Waals surface area contributed by atoms with Crippen molar-refractivity contribution >= 4 is 11.8 Å². The summed E-state index contributed by atoms with van der Waals surface area (Å²) in [6, 6.07) is 0. The average Bonchev–Trinajstić information content (AvgIpc) is 2.24. The van der Waals surface area contributed by atoms with Crippen LogP contribution in [0.15, 0.2) is 0 Å². The van der Waals surface area contributed by atoms with E-state index < -0.39 is 12.1 Å². The third-order valence-electron chi connectivity index (χ3n) is 2.90. The van der Waals surface area contributed by atoms with Crippen LogP contribution in [0.3, 0.4) is 0 Å². The third kappa shape index (κ3) is 4.14. The standard InChI is InChI=1S/C10H19F3N2S/c1-2-9-7-15(3-4-16-9)6-8(5-14)10(11,12)13/h8-9H,2-7,14H2,1H3. The topological polar surface area (TPSA) is 29.3 Å². The molecule has 2 atom stereocenters. The molecular formula is C10H19F3N2S. The summed E-state index contributed by atoms with van der Waals surface area (Å²) in [6.07, 6.45) is -3.15. The predicted octanol–water partition coefficient (Wildman–Crippen LogP) is 1.95. The van der Waals surface area contributed by atoms with Crippen LogP contribution < -0.4 is 5.73 Å². The van der Waals surface area contributed by atoms with Crippen LogP contribution >= 0.6 is 11.8 Å². The summed E-state index contributed by atoms with van der Waals surface area (Å²) in [4.78, 5) is 1.90. The number of hydrogen-bond donors (Lipinski definition) is 1. The molecule has 0 aromatic rings. The molecule has 1 aliphatic rings. The molecular weight excluding hydrogens is 237 g/mol. The van der Waals surface area contributed by atoms with Crippen molar-refractivity contribution in [1.29, 1.82) is 0 Å². The van der Waals surface area contributed by atoms with Crippen molar-refractivity contribution in [3.05, 3.63) is 0 Å². The van der Waals surface area contributed by atoms with Gasteiger partial charge in [-0.3, -0.25) is 0 Å². The number of hydrogen-bond acceptors (Lipinski definition) is 3. The molecule has 1 fully saturated rings. The molecule has 0 aliphatic carbocycles. The second kappa shape index (κ2) is 6.12. The Hall–Kier alpha value is 0.0600. The smallest absolute Gasteiger partial charge is 0.330 e. The molecule has 1 saturated heterocycles. The van der Waals surface area contributed by atoms with Gasteiger partial charge in [-0.25, -0.2) is 0 Å². The molecule has 96 valence electrons. The number of nitrogens with zero attached hydrogens (tertiary/aromatic N) is 1. The van der Waals surface area contributed by atoms with Crippen molar-refractivity contribution in [2.45, 2.75) is 24.8 Å². The van der Waals surface area contributed by atoms with Gasteiger partial charge in [-0.1, -0.05) is 6.92 Å². The zero-order valence-corrected chi connectivity index (χ0v) is 10.3. The summed E-state index contributed by atoms with van der Waals surface area (Å²) in [7, 11) is 0. The summed E-state index contributed by atoms with van der Waals surface area (Å²) in [6.45, 7) is 3.31. The minimum atomic E-state index is -4.17. The first-order chi connectivity index (χ1) is 7.47. The van der Waals surface area contributed by atoms with Gasteiger partial charge in [-0.15, -0.1) is 0 Å². The molecule has 0 saturated carbocycles. The van der Waals surface area contributed by atoms with Crippen molar-refractivity contribution in [3.8, 4) is 0 Å². The fraction of sp³-hybridized carbons (Fsp3) is 1.00. The van der Waals surface area contributed by atoms with Gasteiger partial charge in [0.2, 0.25) is 0 Å². The van der Waals surface area contributed by atoms with E-state index >= 15 is 0 Å². The highest BCUT2D eigenvalue weighted by atomic mass is 32.2. The Labute approximate surface area is 98.7 Å². The van der Waals surface area contributed by atoms with Gasteiger partial charge in [0.15, 0.2) is 0 Å². The second-order valence-electron chi connectivity index (χ2n) is 4.13. The predicted molar refractivity (Wildman–Crippen MR) is 61.6 cm³/mol. The van der Waals surface area contributed by atoms with Crippen LogP contribution in [0.4, 0.5) is 13.2 Å². The monoisotopic (exact) mass is 256 g/mol. The molecule has 0 aromatic heterocycles. The maximum absolute atomic E-state index is 12.5. The molecule has 0 spiro atoms. The van der Waals surface area contributed by atoms with E-state index in [1.807, 2.05) is 16.7 Å². The maximum Gasteiger partial charge on any atom is 0.394 e. The first-order valence-electron chi connectivity index (χ1n) is 5.58. The summed E-state index contributed by atoms with van der Waals surface area (Å²) in [5, 5.41) is 0.473. The van der Waals surface area contributed by atoms with Crippen molar-refractivity contribution in [3.63, 3.8) is 0 Å². The molecule has 2 nitrogen and oxygen atoms in total. The van der Waals surface area contributed by atoms with Crippen LogP contribution in [-0.4, -0.2) is 48.3 Å². The van der Waals surface area contributed by atoms with E-state index in [9.17, 15) is 13.2 Å². The van der Waals surface area contributed by atoms with Gasteiger partial charge in [-0.05, 0) is 6.42 Å². The van der Waals surface area contributed by atoms with E-state index in [2.05, 4.69) is 6.92 Å². The van der Waals surface area contributed by atoms with Crippen LogP contribution in [0.2, 0.25) is 0 Å². The number of rotatable bonds is 4. The van der Waals surface area contributed by atoms with E-state index in [0.29, 0.717) is 5.25 Å². The van der Waals surface area contributed by atoms with E-state index in [4.69, 9.17) is 5.73 Å². The molecule has 16 heavy (non-hydrogen) atoms. The van der Waals surface area contributed by atoms with Crippen molar-refractivity contribution in [2.75, 3.05) is 31.9 Å². The van der Waals surface area contributed by atoms with Crippen LogP contribution in [0, 0.1) is 5.92 Å². The van der Waals surface area contributed by atoms with Crippen molar-refractivity contribution in [1.82, 2.24) is 4.90 Å². The highest BCUT2D eigenvalue weighted by Crippen LogP contribution is 2.28. The lowest BCUT2D eigenvalue weighted by Crippen LogP contribution is -2.45. The van der Waals surface area contributed by atoms with Gasteiger partial charge in [0.25, 0.3) is 0 Å². The molecule has 0 radical (unpaired) electrons. The molecule has 0 bridgehead atoms. The fourth-order valence-corrected chi connectivity index (χ4v) is 3.07. The molecule has 2 unspecified atom stereocenters. The van der Waals surface area contributed by atoms with Gasteiger partial charge < -0.3 is 10.6 Å². The highest BCUT2D eigenvalue weighted by molar-refractivity contribution is 8.00. The Morgan fingerprint density at radius 1 is 1.50 bits per heavy atom. The average molecular weight is 256 g/mol. The lowest BCUT2D eigenvalue weighted by molar-refractivity contribution is -0.176. The zero-order chi connectivity index (χ0) is 12.2. The molecule has 0 amide bonds. The summed E-state index contributed by atoms with van der Waals surface area (Å²) < 4.78 is 37.6. The molecule has 2 N–H and O–H groups in total. The SMILES string of the molecule is CCC1CN(CC(CN)C(F)(F)F)CCS1. The second-order valence-corrected chi connectivity index (χ2v) is 5.54. The van der Waals surface area contributed by atoms with E-state index in [0.717, 1.165) is 25.3 Å². The third-order valence-corrected chi connectivity index (χ3v) is 4.28. The Bertz CT molecular complexity index is 211. The quantitative estimate of drug-likeness (QED) is 0.833. The van der Waals surface area contributed by atoms with Gasteiger partial charge in [0, 0.05) is 37.2 Å². The van der Waals surface area contributed by atoms with Gasteiger partial charge in [0.1, 0.15) is 0 Å². The van der Waals surface area contributed by atoms with Crippen LogP contribution in [-0.2, 0) is 0 Å². The molecule has 0 aromatic carbocycles.